The molecule has 2 aromatic carbocycles. The molecule has 134 valence electrons. The maximum atomic E-state index is 13.2. The Labute approximate surface area is 155 Å². The molecule has 1 aliphatic rings. The molecule has 6 heteroatoms. The summed E-state index contributed by atoms with van der Waals surface area (Å²) in [7, 11) is 0. The largest absolute Gasteiger partial charge is 0.294 e. The predicted molar refractivity (Wildman–Crippen MR) is 98.2 cm³/mol. The first-order valence-electron chi connectivity index (χ1n) is 8.61. The van der Waals surface area contributed by atoms with Gasteiger partial charge in [-0.1, -0.05) is 30.3 Å². The summed E-state index contributed by atoms with van der Waals surface area (Å²) in [6.07, 6.45) is 2.33. The number of carbonyl (C=O) groups is 2. The van der Waals surface area contributed by atoms with Gasteiger partial charge in [0.05, 0.1) is 11.3 Å². The van der Waals surface area contributed by atoms with E-state index in [1.165, 1.54) is 18.3 Å². The maximum absolute atomic E-state index is 13.2. The first-order chi connectivity index (χ1) is 13.1. The van der Waals surface area contributed by atoms with Crippen LogP contribution in [0.5, 0.6) is 0 Å². The molecule has 1 amide bonds. The average molecular weight is 361 g/mol. The van der Waals surface area contributed by atoms with Gasteiger partial charge >= 0.3 is 0 Å². The van der Waals surface area contributed by atoms with E-state index in [9.17, 15) is 14.0 Å². The van der Waals surface area contributed by atoms with Crippen molar-refractivity contribution in [3.8, 4) is 0 Å². The lowest BCUT2D eigenvalue weighted by Gasteiger charge is -2.23. The first kappa shape index (κ1) is 17.0. The molecule has 0 spiro atoms. The van der Waals surface area contributed by atoms with Gasteiger partial charge in [0.15, 0.2) is 5.78 Å². The normalized spacial score (nSPS) is 15.9. The summed E-state index contributed by atoms with van der Waals surface area (Å²) in [5, 5.41) is 2.66. The molecule has 5 nitrogen and oxygen atoms in total. The molecule has 1 heterocycles. The van der Waals surface area contributed by atoms with Crippen molar-refractivity contribution in [3.05, 3.63) is 89.0 Å². The second-order valence-corrected chi connectivity index (χ2v) is 6.45. The van der Waals surface area contributed by atoms with Crippen LogP contribution in [-0.4, -0.2) is 21.7 Å². The van der Waals surface area contributed by atoms with Crippen LogP contribution in [-0.2, 0) is 6.42 Å². The fraction of sp³-hybridized carbons (Fsp3) is 0.143. The molecule has 1 N–H and O–H groups in total. The highest BCUT2D eigenvalue weighted by atomic mass is 19.1. The molecule has 4 rings (SSSR count). The Kier molecular flexibility index (Phi) is 4.46. The number of halogens is 1. The molecule has 1 unspecified atom stereocenters. The molecule has 1 aliphatic carbocycles. The second-order valence-electron chi connectivity index (χ2n) is 6.45. The molecule has 0 aliphatic heterocycles. The van der Waals surface area contributed by atoms with Gasteiger partial charge in [0.1, 0.15) is 5.82 Å². The van der Waals surface area contributed by atoms with Crippen molar-refractivity contribution in [1.29, 1.82) is 0 Å². The van der Waals surface area contributed by atoms with Crippen LogP contribution in [0.2, 0.25) is 0 Å². The molecule has 3 aromatic rings. The minimum absolute atomic E-state index is 0.0495. The van der Waals surface area contributed by atoms with E-state index in [1.54, 1.807) is 36.4 Å². The Bertz CT molecular complexity index is 1000. The highest BCUT2D eigenvalue weighted by molar-refractivity contribution is 6.03. The summed E-state index contributed by atoms with van der Waals surface area (Å²) < 4.78 is 13.2. The summed E-state index contributed by atoms with van der Waals surface area (Å²) in [6, 6.07) is 14.9. The summed E-state index contributed by atoms with van der Waals surface area (Å²) in [5.41, 5.74) is 2.47. The number of Topliss-reactive ketones (excluding diaryl/α,β-unsaturated/α-hetero) is 1. The van der Waals surface area contributed by atoms with Gasteiger partial charge in [0.2, 0.25) is 5.95 Å². The molecule has 0 saturated heterocycles. The third-order valence-corrected chi connectivity index (χ3v) is 4.64. The van der Waals surface area contributed by atoms with Crippen molar-refractivity contribution in [2.24, 2.45) is 0 Å². The van der Waals surface area contributed by atoms with Crippen LogP contribution in [0, 0.1) is 5.82 Å². The van der Waals surface area contributed by atoms with Crippen LogP contribution < -0.4 is 5.32 Å². The Hall–Kier alpha value is -3.41. The number of aromatic nitrogens is 2. The minimum Gasteiger partial charge on any atom is -0.294 e. The molecule has 0 bridgehead atoms. The van der Waals surface area contributed by atoms with Crippen LogP contribution in [0.3, 0.4) is 0 Å². The van der Waals surface area contributed by atoms with Gasteiger partial charge in [-0.25, -0.2) is 14.4 Å². The van der Waals surface area contributed by atoms with E-state index in [-0.39, 0.29) is 29.4 Å². The lowest BCUT2D eigenvalue weighted by Crippen LogP contribution is -2.22. The topological polar surface area (TPSA) is 72.0 Å². The number of ketones is 1. The quantitative estimate of drug-likeness (QED) is 0.771. The Morgan fingerprint density at radius 2 is 1.78 bits per heavy atom. The minimum atomic E-state index is -0.312. The van der Waals surface area contributed by atoms with E-state index in [2.05, 4.69) is 15.3 Å². The highest BCUT2D eigenvalue weighted by Gasteiger charge is 2.28. The lowest BCUT2D eigenvalue weighted by molar-refractivity contribution is 0.0962. The van der Waals surface area contributed by atoms with Crippen LogP contribution >= 0.6 is 0 Å². The number of anilines is 1. The van der Waals surface area contributed by atoms with E-state index in [1.807, 2.05) is 6.07 Å². The number of hydrogen-bond acceptors (Lipinski definition) is 4. The first-order valence-corrected chi connectivity index (χ1v) is 8.61. The smallest absolute Gasteiger partial charge is 0.258 e. The van der Waals surface area contributed by atoms with Gasteiger partial charge < -0.3 is 0 Å². The third-order valence-electron chi connectivity index (χ3n) is 4.64. The van der Waals surface area contributed by atoms with E-state index < -0.39 is 0 Å². The van der Waals surface area contributed by atoms with Gasteiger partial charge in [-0.3, -0.25) is 14.9 Å². The van der Waals surface area contributed by atoms with Crippen LogP contribution in [0.4, 0.5) is 10.3 Å². The van der Waals surface area contributed by atoms with Gasteiger partial charge in [-0.15, -0.1) is 0 Å². The Balaban J connectivity index is 1.57. The Morgan fingerprint density at radius 3 is 2.52 bits per heavy atom. The van der Waals surface area contributed by atoms with Crippen LogP contribution in [0.25, 0.3) is 0 Å². The summed E-state index contributed by atoms with van der Waals surface area (Å²) >= 11 is 0. The monoisotopic (exact) mass is 361 g/mol. The van der Waals surface area contributed by atoms with E-state index in [0.29, 0.717) is 29.7 Å². The van der Waals surface area contributed by atoms with Crippen LogP contribution in [0.15, 0.2) is 60.8 Å². The zero-order valence-electron chi connectivity index (χ0n) is 14.4. The number of nitrogens with zero attached hydrogens (tertiary/aromatic N) is 2. The van der Waals surface area contributed by atoms with Gasteiger partial charge in [0.25, 0.3) is 5.91 Å². The molecule has 1 atom stereocenters. The molecule has 0 radical (unpaired) electrons. The number of fused-ring (bicyclic) bond motifs is 1. The van der Waals surface area contributed by atoms with E-state index in [0.717, 1.165) is 5.56 Å². The van der Waals surface area contributed by atoms with Crippen molar-refractivity contribution in [2.45, 2.75) is 18.8 Å². The van der Waals surface area contributed by atoms with E-state index >= 15 is 0 Å². The summed E-state index contributed by atoms with van der Waals surface area (Å²) in [4.78, 5) is 33.2. The number of nitrogens with one attached hydrogen (secondary N) is 1. The predicted octanol–water partition coefficient (Wildman–Crippen LogP) is 3.78. The number of benzene rings is 2. The summed E-state index contributed by atoms with van der Waals surface area (Å²) in [6.45, 7) is 0. The van der Waals surface area contributed by atoms with Crippen molar-refractivity contribution in [1.82, 2.24) is 9.97 Å². The van der Waals surface area contributed by atoms with Gasteiger partial charge in [0, 0.05) is 18.2 Å². The fourth-order valence-corrected chi connectivity index (χ4v) is 3.24. The number of amides is 1. The lowest BCUT2D eigenvalue weighted by atomic mass is 9.82. The number of hydrogen-bond donors (Lipinski definition) is 1. The molecule has 27 heavy (non-hydrogen) atoms. The molecule has 0 saturated carbocycles. The standard InChI is InChI=1S/C21H16FN3O2/c22-16-8-6-13(7-9-16)15-10-18-17(19(26)11-15)12-23-21(24-18)25-20(27)14-4-2-1-3-5-14/h1-9,12,15H,10-11H2,(H,23,24,25,27). The van der Waals surface area contributed by atoms with Crippen LogP contribution in [0.1, 0.15) is 44.3 Å². The third kappa shape index (κ3) is 3.60. The Morgan fingerprint density at radius 1 is 1.04 bits per heavy atom. The van der Waals surface area contributed by atoms with Gasteiger partial charge in [-0.2, -0.15) is 0 Å². The molecular weight excluding hydrogens is 345 g/mol. The van der Waals surface area contributed by atoms with Crippen molar-refractivity contribution >= 4 is 17.6 Å². The highest BCUT2D eigenvalue weighted by Crippen LogP contribution is 2.32. The van der Waals surface area contributed by atoms with Gasteiger partial charge in [-0.05, 0) is 42.2 Å². The summed E-state index contributed by atoms with van der Waals surface area (Å²) in [5.74, 6) is -0.581. The van der Waals surface area contributed by atoms with Crippen molar-refractivity contribution in [3.63, 3.8) is 0 Å². The molecule has 1 aromatic heterocycles. The average Bonchev–Trinajstić information content (AvgIpc) is 2.69. The second kappa shape index (κ2) is 7.07. The number of carbonyl (C=O) groups excluding carboxylic acids is 2. The van der Waals surface area contributed by atoms with Crippen molar-refractivity contribution in [2.75, 3.05) is 5.32 Å². The fourth-order valence-electron chi connectivity index (χ4n) is 3.24. The number of rotatable bonds is 3. The van der Waals surface area contributed by atoms with Crippen molar-refractivity contribution < 1.29 is 14.0 Å². The SMILES string of the molecule is O=C(Nc1ncc2c(n1)CC(c1ccc(F)cc1)CC2=O)c1ccccc1. The molecular formula is C21H16FN3O2. The zero-order valence-corrected chi connectivity index (χ0v) is 14.4. The molecule has 0 fully saturated rings. The van der Waals surface area contributed by atoms with E-state index in [4.69, 9.17) is 0 Å². The maximum Gasteiger partial charge on any atom is 0.258 e. The zero-order chi connectivity index (χ0) is 18.8.